The Labute approximate surface area is 208 Å². The zero-order chi connectivity index (χ0) is 25.3. The van der Waals surface area contributed by atoms with Gasteiger partial charge in [0.05, 0.1) is 23.3 Å². The van der Waals surface area contributed by atoms with Crippen LogP contribution in [0.1, 0.15) is 35.2 Å². The van der Waals surface area contributed by atoms with Crippen LogP contribution in [0.3, 0.4) is 0 Å². The summed E-state index contributed by atoms with van der Waals surface area (Å²) in [7, 11) is 1.63. The Balaban J connectivity index is 1.27. The van der Waals surface area contributed by atoms with Crippen molar-refractivity contribution in [3.8, 4) is 11.1 Å². The lowest BCUT2D eigenvalue weighted by Gasteiger charge is -2.41. The highest BCUT2D eigenvalue weighted by Crippen LogP contribution is 2.44. The first-order chi connectivity index (χ1) is 17.4. The monoisotopic (exact) mass is 488 g/mol. The van der Waals surface area contributed by atoms with Crippen LogP contribution in [-0.4, -0.2) is 68.6 Å². The van der Waals surface area contributed by atoms with E-state index < -0.39 is 11.3 Å². The summed E-state index contributed by atoms with van der Waals surface area (Å²) in [6.45, 7) is 1.19. The van der Waals surface area contributed by atoms with Gasteiger partial charge in [0.2, 0.25) is 11.9 Å². The summed E-state index contributed by atoms with van der Waals surface area (Å²) in [5, 5.41) is 4.15. The smallest absolute Gasteiger partial charge is 0.281 e. The molecule has 186 valence electrons. The van der Waals surface area contributed by atoms with E-state index in [0.29, 0.717) is 13.1 Å². The average Bonchev–Trinajstić information content (AvgIpc) is 3.27. The summed E-state index contributed by atoms with van der Waals surface area (Å²) in [5.41, 5.74) is 14.6. The van der Waals surface area contributed by atoms with Crippen LogP contribution >= 0.6 is 0 Å². The van der Waals surface area contributed by atoms with E-state index in [1.807, 2.05) is 24.3 Å². The number of hydrogen-bond donors (Lipinski definition) is 2. The highest BCUT2D eigenvalue weighted by atomic mass is 16.5. The molecule has 2 aromatic heterocycles. The van der Waals surface area contributed by atoms with Gasteiger partial charge < -0.3 is 21.1 Å². The van der Waals surface area contributed by atoms with Crippen molar-refractivity contribution in [3.63, 3.8) is 0 Å². The number of benzene rings is 1. The maximum Gasteiger partial charge on any atom is 0.281 e. The third-order valence-corrected chi connectivity index (χ3v) is 7.07. The number of aromatic nitrogens is 4. The second kappa shape index (κ2) is 9.50. The lowest BCUT2D eigenvalue weighted by molar-refractivity contribution is -0.143. The van der Waals surface area contributed by atoms with E-state index >= 15 is 0 Å². The molecule has 1 aliphatic carbocycles. The molecule has 2 aliphatic rings. The molecule has 0 unspecified atom stereocenters. The number of hydrogen-bond acceptors (Lipinski definition) is 7. The van der Waals surface area contributed by atoms with Crippen LogP contribution in [0.5, 0.6) is 0 Å². The largest absolute Gasteiger partial charge is 0.386 e. The minimum Gasteiger partial charge on any atom is -0.386 e. The van der Waals surface area contributed by atoms with Crippen LogP contribution in [0, 0.1) is 0 Å². The zero-order valence-corrected chi connectivity index (χ0v) is 20.0. The first kappa shape index (κ1) is 23.6. The van der Waals surface area contributed by atoms with Crippen molar-refractivity contribution in [2.45, 2.75) is 37.3 Å². The molecule has 0 atom stereocenters. The molecule has 3 aromatic rings. The number of methoxy groups -OCH3 is 1. The molecule has 11 nitrogen and oxygen atoms in total. The number of nitrogen functional groups attached to an aromatic ring is 1. The molecule has 36 heavy (non-hydrogen) atoms. The molecule has 2 amide bonds. The third kappa shape index (κ3) is 4.44. The molecule has 1 aliphatic heterocycles. The minimum atomic E-state index is -0.479. The van der Waals surface area contributed by atoms with E-state index in [0.717, 1.165) is 36.0 Å². The number of aliphatic imine (C=N–C) groups is 1. The molecule has 3 heterocycles. The molecule has 0 spiro atoms. The van der Waals surface area contributed by atoms with Crippen molar-refractivity contribution >= 4 is 23.6 Å². The number of amidine groups is 1. The molecular weight excluding hydrogens is 460 g/mol. The van der Waals surface area contributed by atoms with Crippen molar-refractivity contribution in [2.75, 3.05) is 25.9 Å². The standard InChI is InChI=1S/C25H28N8O3/c1-36-20-13-32(14-20)21(34)15-33-12-18(11-30-33)22(35)31-23(26)25(7-2-8-25)19-5-3-16(4-6-19)17-9-28-24(27)29-10-17/h3-6,9-12,20H,2,7-8,13-15H2,1H3,(H2,26,31,35)(H2,27,28,29). The molecule has 1 aromatic carbocycles. The summed E-state index contributed by atoms with van der Waals surface area (Å²) in [5.74, 6) is -0.0318. The van der Waals surface area contributed by atoms with Crippen molar-refractivity contribution < 1.29 is 14.3 Å². The Hall–Kier alpha value is -4.12. The highest BCUT2D eigenvalue weighted by molar-refractivity contribution is 6.06. The number of carbonyl (C=O) groups excluding carboxylic acids is 2. The molecular formula is C25H28N8O3. The number of ether oxygens (including phenoxy) is 1. The van der Waals surface area contributed by atoms with Gasteiger partial charge in [0.25, 0.3) is 5.91 Å². The fraction of sp³-hybridized carbons (Fsp3) is 0.360. The van der Waals surface area contributed by atoms with Crippen LogP contribution in [0.4, 0.5) is 5.95 Å². The first-order valence-corrected chi connectivity index (χ1v) is 11.8. The van der Waals surface area contributed by atoms with Crippen molar-refractivity contribution in [2.24, 2.45) is 10.7 Å². The van der Waals surface area contributed by atoms with Gasteiger partial charge >= 0.3 is 0 Å². The fourth-order valence-corrected chi connectivity index (χ4v) is 4.56. The lowest BCUT2D eigenvalue weighted by Crippen LogP contribution is -2.55. The number of rotatable bonds is 7. The van der Waals surface area contributed by atoms with Gasteiger partial charge in [-0.3, -0.25) is 14.3 Å². The number of likely N-dealkylation sites (tertiary alicyclic amines) is 1. The second-order valence-electron chi connectivity index (χ2n) is 9.23. The van der Waals surface area contributed by atoms with E-state index in [1.165, 1.54) is 17.1 Å². The van der Waals surface area contributed by atoms with Crippen LogP contribution in [0.15, 0.2) is 54.0 Å². The van der Waals surface area contributed by atoms with Gasteiger partial charge in [-0.1, -0.05) is 30.7 Å². The van der Waals surface area contributed by atoms with Crippen LogP contribution in [0.2, 0.25) is 0 Å². The van der Waals surface area contributed by atoms with Crippen molar-refractivity contribution in [1.82, 2.24) is 24.6 Å². The zero-order valence-electron chi connectivity index (χ0n) is 20.0. The Morgan fingerprint density at radius 1 is 1.11 bits per heavy atom. The summed E-state index contributed by atoms with van der Waals surface area (Å²) in [4.78, 5) is 39.2. The molecule has 0 radical (unpaired) electrons. The number of nitrogens with two attached hydrogens (primary N) is 2. The Morgan fingerprint density at radius 2 is 1.81 bits per heavy atom. The maximum absolute atomic E-state index is 12.9. The topological polar surface area (TPSA) is 155 Å². The molecule has 2 fully saturated rings. The van der Waals surface area contributed by atoms with E-state index in [-0.39, 0.29) is 35.9 Å². The lowest BCUT2D eigenvalue weighted by atomic mass is 9.63. The normalized spacial score (nSPS) is 17.4. The molecule has 1 saturated heterocycles. The molecule has 4 N–H and O–H groups in total. The van der Waals surface area contributed by atoms with Crippen molar-refractivity contribution in [3.05, 3.63) is 60.2 Å². The predicted octanol–water partition coefficient (Wildman–Crippen LogP) is 1.40. The Kier molecular flexibility index (Phi) is 6.23. The summed E-state index contributed by atoms with van der Waals surface area (Å²) in [6, 6.07) is 7.97. The third-order valence-electron chi connectivity index (χ3n) is 7.07. The van der Waals surface area contributed by atoms with Gasteiger partial charge in [-0.25, -0.2) is 9.97 Å². The number of amides is 2. The maximum atomic E-state index is 12.9. The summed E-state index contributed by atoms with van der Waals surface area (Å²) < 4.78 is 6.64. The Morgan fingerprint density at radius 3 is 2.42 bits per heavy atom. The Bertz CT molecular complexity index is 1290. The number of carbonyl (C=O) groups is 2. The van der Waals surface area contributed by atoms with E-state index in [4.69, 9.17) is 16.2 Å². The first-order valence-electron chi connectivity index (χ1n) is 11.8. The number of nitrogens with zero attached hydrogens (tertiary/aromatic N) is 6. The SMILES string of the molecule is COC1CN(C(=O)Cn2cc(C(=O)N=C(N)C3(c4ccc(-c5cnc(N)nc5)cc4)CCC3)cn2)C1. The highest BCUT2D eigenvalue weighted by Gasteiger charge is 2.43. The van der Waals surface area contributed by atoms with Gasteiger partial charge in [-0.15, -0.1) is 0 Å². The summed E-state index contributed by atoms with van der Waals surface area (Å²) >= 11 is 0. The van der Waals surface area contributed by atoms with E-state index in [1.54, 1.807) is 24.4 Å². The van der Waals surface area contributed by atoms with Gasteiger partial charge in [0.1, 0.15) is 12.4 Å². The van der Waals surface area contributed by atoms with Gasteiger partial charge in [0, 0.05) is 44.4 Å². The van der Waals surface area contributed by atoms with Gasteiger partial charge in [-0.05, 0) is 24.0 Å². The van der Waals surface area contributed by atoms with Gasteiger partial charge in [-0.2, -0.15) is 10.1 Å². The van der Waals surface area contributed by atoms with Crippen molar-refractivity contribution in [1.29, 1.82) is 0 Å². The molecule has 1 saturated carbocycles. The second-order valence-corrected chi connectivity index (χ2v) is 9.23. The van der Waals surface area contributed by atoms with Gasteiger partial charge in [0.15, 0.2) is 0 Å². The average molecular weight is 489 g/mol. The van der Waals surface area contributed by atoms with Crippen LogP contribution < -0.4 is 11.5 Å². The van der Waals surface area contributed by atoms with E-state index in [2.05, 4.69) is 20.1 Å². The summed E-state index contributed by atoms with van der Waals surface area (Å²) in [6.07, 6.45) is 9.01. The number of anilines is 1. The molecule has 5 rings (SSSR count). The fourth-order valence-electron chi connectivity index (χ4n) is 4.56. The molecule has 11 heteroatoms. The minimum absolute atomic E-state index is 0.0538. The quantitative estimate of drug-likeness (QED) is 0.374. The van der Waals surface area contributed by atoms with E-state index in [9.17, 15) is 9.59 Å². The van der Waals surface area contributed by atoms with Crippen LogP contribution in [0.25, 0.3) is 11.1 Å². The van der Waals surface area contributed by atoms with Crippen LogP contribution in [-0.2, 0) is 21.5 Å². The molecule has 0 bridgehead atoms. The predicted molar refractivity (Wildman–Crippen MR) is 133 cm³/mol.